The standard InChI is InChI=1S/C15H23ClN2O2/c1-3-18-6-7-19-13(10-18)11-20-15-5-4-12(9-17-2)8-14(15)16/h4-5,8,13,17H,3,6-7,9-11H2,1-2H3. The molecule has 4 nitrogen and oxygen atoms in total. The molecule has 0 saturated carbocycles. The molecular formula is C15H23ClN2O2. The Morgan fingerprint density at radius 3 is 3.05 bits per heavy atom. The van der Waals surface area contributed by atoms with Crippen LogP contribution in [0.4, 0.5) is 0 Å². The fourth-order valence-corrected chi connectivity index (χ4v) is 2.58. The lowest BCUT2D eigenvalue weighted by Gasteiger charge is -2.31. The van der Waals surface area contributed by atoms with Gasteiger partial charge in [0, 0.05) is 19.6 Å². The van der Waals surface area contributed by atoms with E-state index in [1.54, 1.807) is 0 Å². The molecule has 20 heavy (non-hydrogen) atoms. The summed E-state index contributed by atoms with van der Waals surface area (Å²) in [6.45, 7) is 7.27. The van der Waals surface area contributed by atoms with E-state index in [4.69, 9.17) is 21.1 Å². The third kappa shape index (κ3) is 4.35. The Morgan fingerprint density at radius 1 is 1.50 bits per heavy atom. The zero-order chi connectivity index (χ0) is 14.4. The summed E-state index contributed by atoms with van der Waals surface area (Å²) >= 11 is 6.23. The van der Waals surface area contributed by atoms with E-state index in [9.17, 15) is 0 Å². The first-order valence-corrected chi connectivity index (χ1v) is 7.50. The molecule has 1 aliphatic rings. The van der Waals surface area contributed by atoms with Gasteiger partial charge in [0.2, 0.25) is 0 Å². The van der Waals surface area contributed by atoms with Crippen molar-refractivity contribution in [1.29, 1.82) is 0 Å². The van der Waals surface area contributed by atoms with Crippen molar-refractivity contribution in [3.63, 3.8) is 0 Å². The molecule has 0 aliphatic carbocycles. The van der Waals surface area contributed by atoms with Gasteiger partial charge in [-0.1, -0.05) is 24.6 Å². The van der Waals surface area contributed by atoms with Crippen LogP contribution in [0.2, 0.25) is 5.02 Å². The largest absolute Gasteiger partial charge is 0.489 e. The monoisotopic (exact) mass is 298 g/mol. The third-order valence-electron chi connectivity index (χ3n) is 3.47. The van der Waals surface area contributed by atoms with Crippen molar-refractivity contribution in [2.75, 3.05) is 39.9 Å². The summed E-state index contributed by atoms with van der Waals surface area (Å²) in [7, 11) is 1.91. The van der Waals surface area contributed by atoms with E-state index < -0.39 is 0 Å². The molecule has 2 rings (SSSR count). The van der Waals surface area contributed by atoms with E-state index in [0.29, 0.717) is 11.6 Å². The van der Waals surface area contributed by atoms with E-state index in [1.807, 2.05) is 25.2 Å². The summed E-state index contributed by atoms with van der Waals surface area (Å²) in [5.74, 6) is 0.726. The quantitative estimate of drug-likeness (QED) is 0.873. The molecule has 0 radical (unpaired) electrons. The normalized spacial score (nSPS) is 20.1. The Bertz CT molecular complexity index is 428. The van der Waals surface area contributed by atoms with Gasteiger partial charge in [0.1, 0.15) is 18.5 Å². The van der Waals surface area contributed by atoms with Crippen molar-refractivity contribution in [2.24, 2.45) is 0 Å². The molecule has 1 aromatic rings. The molecule has 1 N–H and O–H groups in total. The number of nitrogens with zero attached hydrogens (tertiary/aromatic N) is 1. The van der Waals surface area contributed by atoms with E-state index in [0.717, 1.165) is 44.1 Å². The summed E-state index contributed by atoms with van der Waals surface area (Å²) in [5, 5.41) is 3.75. The Hall–Kier alpha value is -0.810. The van der Waals surface area contributed by atoms with Crippen LogP contribution < -0.4 is 10.1 Å². The van der Waals surface area contributed by atoms with Crippen molar-refractivity contribution >= 4 is 11.6 Å². The molecule has 1 saturated heterocycles. The van der Waals surface area contributed by atoms with Crippen molar-refractivity contribution in [1.82, 2.24) is 10.2 Å². The highest BCUT2D eigenvalue weighted by molar-refractivity contribution is 6.32. The number of hydrogen-bond donors (Lipinski definition) is 1. The van der Waals surface area contributed by atoms with Gasteiger partial charge in [0.25, 0.3) is 0 Å². The minimum Gasteiger partial charge on any atom is -0.489 e. The third-order valence-corrected chi connectivity index (χ3v) is 3.77. The molecule has 1 aliphatic heterocycles. The SMILES string of the molecule is CCN1CCOC(COc2ccc(CNC)cc2Cl)C1. The maximum Gasteiger partial charge on any atom is 0.138 e. The van der Waals surface area contributed by atoms with Crippen LogP contribution in [0.15, 0.2) is 18.2 Å². The zero-order valence-electron chi connectivity index (χ0n) is 12.2. The van der Waals surface area contributed by atoms with Crippen LogP contribution in [0.1, 0.15) is 12.5 Å². The summed E-state index contributed by atoms with van der Waals surface area (Å²) in [4.78, 5) is 2.37. The van der Waals surface area contributed by atoms with Gasteiger partial charge in [0.15, 0.2) is 0 Å². The molecule has 1 fully saturated rings. The highest BCUT2D eigenvalue weighted by atomic mass is 35.5. The van der Waals surface area contributed by atoms with E-state index >= 15 is 0 Å². The van der Waals surface area contributed by atoms with E-state index in [-0.39, 0.29) is 6.10 Å². The first-order valence-electron chi connectivity index (χ1n) is 7.12. The number of nitrogens with one attached hydrogen (secondary N) is 1. The topological polar surface area (TPSA) is 33.7 Å². The zero-order valence-corrected chi connectivity index (χ0v) is 12.9. The molecule has 5 heteroatoms. The molecule has 1 unspecified atom stereocenters. The second-order valence-electron chi connectivity index (χ2n) is 4.99. The summed E-state index contributed by atoms with van der Waals surface area (Å²) in [6.07, 6.45) is 0.122. The van der Waals surface area contributed by atoms with Crippen LogP contribution in [0, 0.1) is 0 Å². The molecule has 0 amide bonds. The van der Waals surface area contributed by atoms with Gasteiger partial charge in [-0.2, -0.15) is 0 Å². The number of hydrogen-bond acceptors (Lipinski definition) is 4. The molecule has 0 spiro atoms. The maximum absolute atomic E-state index is 6.23. The van der Waals surface area contributed by atoms with Crippen molar-refractivity contribution in [3.8, 4) is 5.75 Å². The van der Waals surface area contributed by atoms with Crippen LogP contribution in [0.25, 0.3) is 0 Å². The molecule has 1 heterocycles. The summed E-state index contributed by atoms with van der Waals surface area (Å²) in [5.41, 5.74) is 1.15. The molecule has 0 bridgehead atoms. The molecular weight excluding hydrogens is 276 g/mol. The highest BCUT2D eigenvalue weighted by Gasteiger charge is 2.20. The van der Waals surface area contributed by atoms with Crippen molar-refractivity contribution < 1.29 is 9.47 Å². The molecule has 1 aromatic carbocycles. The lowest BCUT2D eigenvalue weighted by molar-refractivity contribution is -0.0463. The predicted molar refractivity (Wildman–Crippen MR) is 81.6 cm³/mol. The Kier molecular flexibility index (Phi) is 6.10. The van der Waals surface area contributed by atoms with Gasteiger partial charge in [-0.05, 0) is 31.3 Å². The fourth-order valence-electron chi connectivity index (χ4n) is 2.33. The van der Waals surface area contributed by atoms with Gasteiger partial charge < -0.3 is 14.8 Å². The first kappa shape index (κ1) is 15.6. The second kappa shape index (κ2) is 7.84. The average molecular weight is 299 g/mol. The van der Waals surface area contributed by atoms with Crippen LogP contribution in [-0.4, -0.2) is 50.9 Å². The number of ether oxygens (including phenoxy) is 2. The van der Waals surface area contributed by atoms with Crippen LogP contribution in [0.5, 0.6) is 5.75 Å². The Balaban J connectivity index is 1.87. The van der Waals surface area contributed by atoms with E-state index in [2.05, 4.69) is 17.1 Å². The van der Waals surface area contributed by atoms with Gasteiger partial charge in [0.05, 0.1) is 11.6 Å². The van der Waals surface area contributed by atoms with Crippen molar-refractivity contribution in [2.45, 2.75) is 19.6 Å². The first-order chi connectivity index (χ1) is 9.72. The van der Waals surface area contributed by atoms with E-state index in [1.165, 1.54) is 0 Å². The smallest absolute Gasteiger partial charge is 0.138 e. The van der Waals surface area contributed by atoms with Gasteiger partial charge in [-0.25, -0.2) is 0 Å². The van der Waals surface area contributed by atoms with Crippen LogP contribution >= 0.6 is 11.6 Å². The van der Waals surface area contributed by atoms with Crippen LogP contribution in [0.3, 0.4) is 0 Å². The average Bonchev–Trinajstić information content (AvgIpc) is 2.47. The number of rotatable bonds is 6. The Morgan fingerprint density at radius 2 is 2.35 bits per heavy atom. The Labute approximate surface area is 126 Å². The fraction of sp³-hybridized carbons (Fsp3) is 0.600. The van der Waals surface area contributed by atoms with Gasteiger partial charge in [-0.3, -0.25) is 4.90 Å². The summed E-state index contributed by atoms with van der Waals surface area (Å²) < 4.78 is 11.5. The lowest BCUT2D eigenvalue weighted by Crippen LogP contribution is -2.44. The van der Waals surface area contributed by atoms with Crippen LogP contribution in [-0.2, 0) is 11.3 Å². The van der Waals surface area contributed by atoms with Gasteiger partial charge in [-0.15, -0.1) is 0 Å². The number of halogens is 1. The maximum atomic E-state index is 6.23. The number of morpholine rings is 1. The second-order valence-corrected chi connectivity index (χ2v) is 5.40. The number of likely N-dealkylation sites (N-methyl/N-ethyl adjacent to an activating group) is 1. The van der Waals surface area contributed by atoms with Crippen molar-refractivity contribution in [3.05, 3.63) is 28.8 Å². The number of benzene rings is 1. The molecule has 112 valence electrons. The molecule has 0 aromatic heterocycles. The summed E-state index contributed by atoms with van der Waals surface area (Å²) in [6, 6.07) is 5.89. The van der Waals surface area contributed by atoms with Gasteiger partial charge >= 0.3 is 0 Å². The predicted octanol–water partition coefficient (Wildman–Crippen LogP) is 2.16. The highest BCUT2D eigenvalue weighted by Crippen LogP contribution is 2.26. The molecule has 1 atom stereocenters. The minimum atomic E-state index is 0.122. The minimum absolute atomic E-state index is 0.122. The lowest BCUT2D eigenvalue weighted by atomic mass is 10.2.